The lowest BCUT2D eigenvalue weighted by Gasteiger charge is -2.23. The molecule has 1 amide bonds. The number of nitrogens with zero attached hydrogens (tertiary/aromatic N) is 1. The monoisotopic (exact) mass is 344 g/mol. The van der Waals surface area contributed by atoms with Crippen molar-refractivity contribution in [1.82, 2.24) is 4.98 Å². The van der Waals surface area contributed by atoms with Gasteiger partial charge in [0.25, 0.3) is 12.3 Å². The van der Waals surface area contributed by atoms with Gasteiger partial charge in [-0.15, -0.1) is 0 Å². The molecule has 0 spiro atoms. The number of aromatic nitrogens is 1. The van der Waals surface area contributed by atoms with Crippen molar-refractivity contribution < 1.29 is 13.6 Å². The molecule has 1 heterocycles. The predicted molar refractivity (Wildman–Crippen MR) is 94.3 cm³/mol. The third kappa shape index (κ3) is 3.03. The summed E-state index contributed by atoms with van der Waals surface area (Å²) >= 11 is 0. The van der Waals surface area contributed by atoms with Crippen LogP contribution < -0.4 is 5.32 Å². The second kappa shape index (κ2) is 6.54. The largest absolute Gasteiger partial charge is 0.322 e. The standard InChI is InChI=1S/C20H22F2N2O/c1-4-20(3)11-12(2)16-14(20)8-5-9-15(16)24-19(25)13-7-6-10-23-17(13)18(21)22/h5-10,12,18H,4,11H2,1-3H3,(H,24,25). The lowest BCUT2D eigenvalue weighted by atomic mass is 9.81. The van der Waals surface area contributed by atoms with Crippen LogP contribution in [0.5, 0.6) is 0 Å². The van der Waals surface area contributed by atoms with Crippen molar-refractivity contribution in [2.75, 3.05) is 5.32 Å². The number of anilines is 1. The first kappa shape index (κ1) is 17.5. The summed E-state index contributed by atoms with van der Waals surface area (Å²) in [4.78, 5) is 16.2. The fourth-order valence-corrected chi connectivity index (χ4v) is 3.93. The molecule has 2 aromatic rings. The van der Waals surface area contributed by atoms with Crippen LogP contribution in [0.2, 0.25) is 0 Å². The number of alkyl halides is 2. The van der Waals surface area contributed by atoms with Crippen LogP contribution in [0, 0.1) is 0 Å². The summed E-state index contributed by atoms with van der Waals surface area (Å²) in [5, 5.41) is 2.83. The quantitative estimate of drug-likeness (QED) is 0.802. The first-order valence-electron chi connectivity index (χ1n) is 8.55. The molecule has 0 saturated heterocycles. The van der Waals surface area contributed by atoms with E-state index in [1.165, 1.54) is 23.9 Å². The van der Waals surface area contributed by atoms with E-state index >= 15 is 0 Å². The number of halogens is 2. The average molecular weight is 344 g/mol. The molecule has 5 heteroatoms. The molecule has 2 unspecified atom stereocenters. The Balaban J connectivity index is 1.97. The zero-order valence-electron chi connectivity index (χ0n) is 14.6. The SMILES string of the molecule is CCC1(C)CC(C)c2c(NC(=O)c3cccnc3C(F)F)cccc21. The maximum atomic E-state index is 13.1. The van der Waals surface area contributed by atoms with E-state index in [1.54, 1.807) is 0 Å². The maximum Gasteiger partial charge on any atom is 0.281 e. The molecule has 0 radical (unpaired) electrons. The van der Waals surface area contributed by atoms with Gasteiger partial charge >= 0.3 is 0 Å². The number of pyridine rings is 1. The minimum absolute atomic E-state index is 0.0813. The molecule has 25 heavy (non-hydrogen) atoms. The highest BCUT2D eigenvalue weighted by Gasteiger charge is 2.38. The van der Waals surface area contributed by atoms with E-state index in [9.17, 15) is 13.6 Å². The molecule has 3 nitrogen and oxygen atoms in total. The summed E-state index contributed by atoms with van der Waals surface area (Å²) in [6.07, 6.45) is 0.513. The number of carbonyl (C=O) groups is 1. The molecular formula is C20H22F2N2O. The van der Waals surface area contributed by atoms with Crippen molar-refractivity contribution in [2.45, 2.75) is 51.4 Å². The van der Waals surface area contributed by atoms with E-state index < -0.39 is 18.0 Å². The summed E-state index contributed by atoms with van der Waals surface area (Å²) in [5.74, 6) is -0.242. The van der Waals surface area contributed by atoms with Gasteiger partial charge in [-0.25, -0.2) is 8.78 Å². The van der Waals surface area contributed by atoms with Crippen LogP contribution >= 0.6 is 0 Å². The third-order valence-electron chi connectivity index (χ3n) is 5.32. The zero-order chi connectivity index (χ0) is 18.2. The van der Waals surface area contributed by atoms with Crippen LogP contribution in [0.4, 0.5) is 14.5 Å². The van der Waals surface area contributed by atoms with Crippen molar-refractivity contribution in [2.24, 2.45) is 0 Å². The number of fused-ring (bicyclic) bond motifs is 1. The van der Waals surface area contributed by atoms with Crippen molar-refractivity contribution in [1.29, 1.82) is 0 Å². The summed E-state index contributed by atoms with van der Waals surface area (Å²) in [6, 6.07) is 8.73. The van der Waals surface area contributed by atoms with Gasteiger partial charge in [-0.1, -0.05) is 32.9 Å². The summed E-state index contributed by atoms with van der Waals surface area (Å²) in [7, 11) is 0. The molecular weight excluding hydrogens is 322 g/mol. The lowest BCUT2D eigenvalue weighted by Crippen LogP contribution is -2.18. The summed E-state index contributed by atoms with van der Waals surface area (Å²) < 4.78 is 26.2. The molecule has 132 valence electrons. The van der Waals surface area contributed by atoms with Crippen molar-refractivity contribution >= 4 is 11.6 Å². The van der Waals surface area contributed by atoms with Gasteiger partial charge < -0.3 is 5.32 Å². The minimum atomic E-state index is -2.79. The van der Waals surface area contributed by atoms with E-state index in [0.717, 1.165) is 18.4 Å². The smallest absolute Gasteiger partial charge is 0.281 e. The summed E-state index contributed by atoms with van der Waals surface area (Å²) in [5.41, 5.74) is 2.57. The zero-order valence-corrected chi connectivity index (χ0v) is 14.6. The Hall–Kier alpha value is -2.30. The molecule has 1 aliphatic carbocycles. The Morgan fingerprint density at radius 3 is 2.80 bits per heavy atom. The number of hydrogen-bond acceptors (Lipinski definition) is 2. The van der Waals surface area contributed by atoms with Gasteiger partial charge in [-0.2, -0.15) is 0 Å². The third-order valence-corrected chi connectivity index (χ3v) is 5.32. The first-order chi connectivity index (χ1) is 11.9. The molecule has 1 aliphatic rings. The molecule has 1 N–H and O–H groups in total. The normalized spacial score (nSPS) is 22.1. The lowest BCUT2D eigenvalue weighted by molar-refractivity contribution is 0.100. The summed E-state index contributed by atoms with van der Waals surface area (Å²) in [6.45, 7) is 6.54. The Bertz CT molecular complexity index is 806. The van der Waals surface area contributed by atoms with E-state index in [2.05, 4.69) is 37.1 Å². The number of nitrogens with one attached hydrogen (secondary N) is 1. The van der Waals surface area contributed by atoms with Crippen molar-refractivity contribution in [3.63, 3.8) is 0 Å². The number of carbonyl (C=O) groups excluding carboxylic acids is 1. The molecule has 0 bridgehead atoms. The number of amides is 1. The van der Waals surface area contributed by atoms with Gasteiger partial charge in [0.1, 0.15) is 5.69 Å². The van der Waals surface area contributed by atoms with Crippen LogP contribution in [0.1, 0.15) is 73.1 Å². The van der Waals surface area contributed by atoms with Gasteiger partial charge in [-0.05, 0) is 53.5 Å². The van der Waals surface area contributed by atoms with Gasteiger partial charge in [0.15, 0.2) is 0 Å². The number of rotatable bonds is 4. The Labute approximate surface area is 146 Å². The van der Waals surface area contributed by atoms with Crippen LogP contribution in [0.25, 0.3) is 0 Å². The highest BCUT2D eigenvalue weighted by Crippen LogP contribution is 2.50. The molecule has 0 saturated carbocycles. The van der Waals surface area contributed by atoms with Gasteiger partial charge in [0, 0.05) is 11.9 Å². The van der Waals surface area contributed by atoms with Crippen LogP contribution in [-0.2, 0) is 5.41 Å². The van der Waals surface area contributed by atoms with Crippen LogP contribution in [-0.4, -0.2) is 10.9 Å². The van der Waals surface area contributed by atoms with E-state index in [0.29, 0.717) is 11.6 Å². The molecule has 2 atom stereocenters. The van der Waals surface area contributed by atoms with E-state index in [1.807, 2.05) is 12.1 Å². The second-order valence-electron chi connectivity index (χ2n) is 6.98. The molecule has 1 aromatic carbocycles. The van der Waals surface area contributed by atoms with Gasteiger partial charge in [-0.3, -0.25) is 9.78 Å². The predicted octanol–water partition coefficient (Wildman–Crippen LogP) is 5.45. The highest BCUT2D eigenvalue weighted by atomic mass is 19.3. The number of hydrogen-bond donors (Lipinski definition) is 1. The average Bonchev–Trinajstić information content (AvgIpc) is 2.87. The fourth-order valence-electron chi connectivity index (χ4n) is 3.93. The number of benzene rings is 1. The molecule has 1 aromatic heterocycles. The van der Waals surface area contributed by atoms with Crippen LogP contribution in [0.3, 0.4) is 0 Å². The van der Waals surface area contributed by atoms with Gasteiger partial charge in [0.2, 0.25) is 0 Å². The first-order valence-corrected chi connectivity index (χ1v) is 8.55. The molecule has 0 fully saturated rings. The van der Waals surface area contributed by atoms with Crippen LogP contribution in [0.15, 0.2) is 36.5 Å². The minimum Gasteiger partial charge on any atom is -0.322 e. The Morgan fingerprint density at radius 2 is 2.12 bits per heavy atom. The highest BCUT2D eigenvalue weighted by molar-refractivity contribution is 6.05. The van der Waals surface area contributed by atoms with Gasteiger partial charge in [0.05, 0.1) is 5.56 Å². The van der Waals surface area contributed by atoms with E-state index in [-0.39, 0.29) is 11.0 Å². The van der Waals surface area contributed by atoms with Crippen molar-refractivity contribution in [3.05, 3.63) is 58.9 Å². The van der Waals surface area contributed by atoms with Crippen molar-refractivity contribution in [3.8, 4) is 0 Å². The molecule has 0 aliphatic heterocycles. The second-order valence-corrected chi connectivity index (χ2v) is 6.98. The molecule has 3 rings (SSSR count). The Kier molecular flexibility index (Phi) is 4.58. The van der Waals surface area contributed by atoms with E-state index in [4.69, 9.17) is 0 Å². The maximum absolute atomic E-state index is 13.1. The fraction of sp³-hybridized carbons (Fsp3) is 0.400. The Morgan fingerprint density at radius 1 is 1.36 bits per heavy atom. The topological polar surface area (TPSA) is 42.0 Å².